The van der Waals surface area contributed by atoms with Crippen LogP contribution in [0.4, 0.5) is 5.69 Å². The molecule has 4 rings (SSSR count). The van der Waals surface area contributed by atoms with Gasteiger partial charge in [0.15, 0.2) is 6.61 Å². The summed E-state index contributed by atoms with van der Waals surface area (Å²) < 4.78 is 32.8. The fraction of sp³-hybridized carbons (Fsp3) is 0.391. The number of anilines is 1. The van der Waals surface area contributed by atoms with E-state index in [9.17, 15) is 18.0 Å². The third-order valence-corrected chi connectivity index (χ3v) is 8.27. The van der Waals surface area contributed by atoms with Crippen molar-refractivity contribution >= 4 is 39.2 Å². The van der Waals surface area contributed by atoms with Gasteiger partial charge in [0.1, 0.15) is 4.90 Å². The van der Waals surface area contributed by atoms with Crippen molar-refractivity contribution in [2.75, 3.05) is 31.1 Å². The lowest BCUT2D eigenvalue weighted by molar-refractivity contribution is -0.121. The first-order valence-corrected chi connectivity index (χ1v) is 12.4. The molecule has 0 spiro atoms. The van der Waals surface area contributed by atoms with Crippen LogP contribution in [0.3, 0.4) is 0 Å². The van der Waals surface area contributed by atoms with E-state index in [-0.39, 0.29) is 27.3 Å². The SMILES string of the molecule is CC1CCCN(S(=O)(=O)c2cc(C(=O)OCC(=O)N3CCc4ccccc43)ccc2Cl)C1. The number of para-hydroxylation sites is 1. The highest BCUT2D eigenvalue weighted by atomic mass is 35.5. The van der Waals surface area contributed by atoms with Crippen LogP contribution in [0.25, 0.3) is 0 Å². The minimum atomic E-state index is -3.84. The summed E-state index contributed by atoms with van der Waals surface area (Å²) in [6, 6.07) is 11.6. The number of piperidine rings is 1. The number of hydrogen-bond donors (Lipinski definition) is 0. The molecule has 9 heteroatoms. The average Bonchev–Trinajstić information content (AvgIpc) is 3.22. The number of ether oxygens (including phenoxy) is 1. The molecule has 0 N–H and O–H groups in total. The van der Waals surface area contributed by atoms with Crippen molar-refractivity contribution in [1.82, 2.24) is 4.31 Å². The maximum atomic E-state index is 13.1. The van der Waals surface area contributed by atoms with Crippen LogP contribution in [0, 0.1) is 5.92 Å². The Morgan fingerprint density at radius 2 is 1.94 bits per heavy atom. The molecule has 2 aliphatic heterocycles. The van der Waals surface area contributed by atoms with Crippen LogP contribution in [0.1, 0.15) is 35.7 Å². The number of esters is 1. The molecule has 0 aliphatic carbocycles. The summed E-state index contributed by atoms with van der Waals surface area (Å²) in [6.07, 6.45) is 2.51. The molecule has 2 aromatic rings. The number of rotatable bonds is 5. The van der Waals surface area contributed by atoms with Gasteiger partial charge in [0, 0.05) is 25.3 Å². The van der Waals surface area contributed by atoms with Crippen molar-refractivity contribution in [1.29, 1.82) is 0 Å². The van der Waals surface area contributed by atoms with Crippen molar-refractivity contribution in [2.24, 2.45) is 5.92 Å². The third kappa shape index (κ3) is 4.53. The van der Waals surface area contributed by atoms with Gasteiger partial charge < -0.3 is 9.64 Å². The first-order valence-electron chi connectivity index (χ1n) is 10.6. The first kappa shape index (κ1) is 22.8. The number of sulfonamides is 1. The predicted octanol–water partition coefficient (Wildman–Crippen LogP) is 3.51. The van der Waals surface area contributed by atoms with Crippen LogP contribution in [-0.2, 0) is 26.0 Å². The first-order chi connectivity index (χ1) is 15.3. The quantitative estimate of drug-likeness (QED) is 0.616. The molecule has 7 nitrogen and oxygen atoms in total. The van der Waals surface area contributed by atoms with Gasteiger partial charge >= 0.3 is 5.97 Å². The Hall–Kier alpha value is -2.42. The molecule has 1 saturated heterocycles. The monoisotopic (exact) mass is 476 g/mol. The highest BCUT2D eigenvalue weighted by Crippen LogP contribution is 2.30. The van der Waals surface area contributed by atoms with Crippen molar-refractivity contribution in [3.63, 3.8) is 0 Å². The van der Waals surface area contributed by atoms with E-state index < -0.39 is 22.6 Å². The minimum Gasteiger partial charge on any atom is -0.452 e. The van der Waals surface area contributed by atoms with Crippen LogP contribution < -0.4 is 4.90 Å². The maximum Gasteiger partial charge on any atom is 0.338 e. The van der Waals surface area contributed by atoms with Gasteiger partial charge in [0.2, 0.25) is 10.0 Å². The van der Waals surface area contributed by atoms with Gasteiger partial charge in [-0.05, 0) is 55.0 Å². The van der Waals surface area contributed by atoms with E-state index in [1.54, 1.807) is 4.90 Å². The highest BCUT2D eigenvalue weighted by molar-refractivity contribution is 7.89. The van der Waals surface area contributed by atoms with Crippen LogP contribution in [0.15, 0.2) is 47.4 Å². The molecule has 2 aromatic carbocycles. The number of hydrogen-bond acceptors (Lipinski definition) is 5. The number of amides is 1. The van der Waals surface area contributed by atoms with E-state index in [1.165, 1.54) is 22.5 Å². The standard InChI is InChI=1S/C23H25ClN2O5S/c1-16-5-4-11-25(14-16)32(29,30)21-13-18(8-9-19(21)24)23(28)31-15-22(27)26-12-10-17-6-2-3-7-20(17)26/h2-3,6-9,13,16H,4-5,10-12,14-15H2,1H3. The lowest BCUT2D eigenvalue weighted by Gasteiger charge is -2.30. The van der Waals surface area contributed by atoms with Crippen molar-refractivity contribution in [2.45, 2.75) is 31.1 Å². The zero-order valence-corrected chi connectivity index (χ0v) is 19.4. The van der Waals surface area contributed by atoms with Crippen molar-refractivity contribution < 1.29 is 22.7 Å². The maximum absolute atomic E-state index is 13.1. The molecule has 170 valence electrons. The number of carbonyl (C=O) groups excluding carboxylic acids is 2. The predicted molar refractivity (Wildman–Crippen MR) is 121 cm³/mol. The molecule has 1 amide bonds. The largest absolute Gasteiger partial charge is 0.452 e. The van der Waals surface area contributed by atoms with Gasteiger partial charge in [-0.3, -0.25) is 4.79 Å². The Kier molecular flexibility index (Phi) is 6.55. The van der Waals surface area contributed by atoms with Crippen LogP contribution in [0.2, 0.25) is 5.02 Å². The summed E-state index contributed by atoms with van der Waals surface area (Å²) in [5.41, 5.74) is 1.93. The molecule has 0 bridgehead atoms. The van der Waals surface area contributed by atoms with E-state index in [4.69, 9.17) is 16.3 Å². The number of halogens is 1. The van der Waals surface area contributed by atoms with Crippen molar-refractivity contribution in [3.05, 3.63) is 58.6 Å². The fourth-order valence-electron chi connectivity index (χ4n) is 4.22. The van der Waals surface area contributed by atoms with E-state index >= 15 is 0 Å². The Bertz CT molecular complexity index is 1150. The lowest BCUT2D eigenvalue weighted by atomic mass is 10.0. The normalized spacial score (nSPS) is 18.9. The smallest absolute Gasteiger partial charge is 0.338 e. The molecule has 1 unspecified atom stereocenters. The zero-order valence-electron chi connectivity index (χ0n) is 17.8. The van der Waals surface area contributed by atoms with E-state index in [0.717, 1.165) is 30.5 Å². The molecule has 1 atom stereocenters. The second-order valence-corrected chi connectivity index (χ2v) is 10.6. The van der Waals surface area contributed by atoms with Gasteiger partial charge in [-0.1, -0.05) is 36.7 Å². The van der Waals surface area contributed by atoms with Crippen LogP contribution in [0.5, 0.6) is 0 Å². The summed E-state index contributed by atoms with van der Waals surface area (Å²) >= 11 is 6.18. The summed E-state index contributed by atoms with van der Waals surface area (Å²) in [5, 5.41) is 0.0459. The number of nitrogens with zero attached hydrogens (tertiary/aromatic N) is 2. The lowest BCUT2D eigenvalue weighted by Crippen LogP contribution is -2.39. The van der Waals surface area contributed by atoms with Crippen LogP contribution >= 0.6 is 11.6 Å². The van der Waals surface area contributed by atoms with E-state index in [1.807, 2.05) is 31.2 Å². The summed E-state index contributed by atoms with van der Waals surface area (Å²) in [4.78, 5) is 26.6. The molecule has 0 aromatic heterocycles. The molecule has 0 radical (unpaired) electrons. The molecule has 2 heterocycles. The molecule has 0 saturated carbocycles. The summed E-state index contributed by atoms with van der Waals surface area (Å²) in [6.45, 7) is 2.95. The fourth-order valence-corrected chi connectivity index (χ4v) is 6.32. The van der Waals surface area contributed by atoms with Crippen molar-refractivity contribution in [3.8, 4) is 0 Å². The van der Waals surface area contributed by atoms with Gasteiger partial charge in [-0.15, -0.1) is 0 Å². The summed E-state index contributed by atoms with van der Waals surface area (Å²) in [7, 11) is -3.84. The van der Waals surface area contributed by atoms with Gasteiger partial charge in [0.05, 0.1) is 10.6 Å². The molecule has 2 aliphatic rings. The number of carbonyl (C=O) groups is 2. The number of benzene rings is 2. The Balaban J connectivity index is 1.46. The molecule has 1 fully saturated rings. The second-order valence-electron chi connectivity index (χ2n) is 8.26. The molecule has 32 heavy (non-hydrogen) atoms. The summed E-state index contributed by atoms with van der Waals surface area (Å²) in [5.74, 6) is -0.842. The van der Waals surface area contributed by atoms with Crippen LogP contribution in [-0.4, -0.2) is 50.8 Å². The third-order valence-electron chi connectivity index (χ3n) is 5.92. The molecular formula is C23H25ClN2O5S. The van der Waals surface area contributed by atoms with E-state index in [2.05, 4.69) is 0 Å². The second kappa shape index (κ2) is 9.21. The van der Waals surface area contributed by atoms with E-state index in [0.29, 0.717) is 19.6 Å². The minimum absolute atomic E-state index is 0.0349. The van der Waals surface area contributed by atoms with Gasteiger partial charge in [-0.2, -0.15) is 4.31 Å². The Labute approximate surface area is 193 Å². The molecular weight excluding hydrogens is 452 g/mol. The highest BCUT2D eigenvalue weighted by Gasteiger charge is 2.31. The van der Waals surface area contributed by atoms with Gasteiger partial charge in [0.25, 0.3) is 5.91 Å². The average molecular weight is 477 g/mol. The Morgan fingerprint density at radius 1 is 1.16 bits per heavy atom. The Morgan fingerprint density at radius 3 is 2.72 bits per heavy atom. The van der Waals surface area contributed by atoms with Gasteiger partial charge in [-0.25, -0.2) is 13.2 Å². The zero-order chi connectivity index (χ0) is 22.9. The topological polar surface area (TPSA) is 84.0 Å². The number of fused-ring (bicyclic) bond motifs is 1.